The molecule has 0 amide bonds. The monoisotopic (exact) mass is 326 g/mol. The second-order valence-corrected chi connectivity index (χ2v) is 6.76. The van der Waals surface area contributed by atoms with Crippen LogP contribution >= 0.6 is 27.3 Å². The lowest BCUT2D eigenvalue weighted by Crippen LogP contribution is -2.00. The predicted octanol–water partition coefficient (Wildman–Crippen LogP) is 4.45. The highest BCUT2D eigenvalue weighted by Gasteiger charge is 2.10. The van der Waals surface area contributed by atoms with Gasteiger partial charge in [-0.1, -0.05) is 12.1 Å². The van der Waals surface area contributed by atoms with E-state index in [1.54, 1.807) is 18.3 Å². The maximum atomic E-state index is 9.71. The molecule has 0 radical (unpaired) electrons. The van der Waals surface area contributed by atoms with E-state index in [4.69, 9.17) is 4.74 Å². The van der Waals surface area contributed by atoms with Gasteiger partial charge in [-0.25, -0.2) is 0 Å². The van der Waals surface area contributed by atoms with Crippen molar-refractivity contribution in [1.82, 2.24) is 0 Å². The molecule has 1 heterocycles. The van der Waals surface area contributed by atoms with Crippen LogP contribution in [0.25, 0.3) is 0 Å². The molecule has 1 atom stereocenters. The van der Waals surface area contributed by atoms with E-state index in [9.17, 15) is 5.11 Å². The molecule has 1 N–H and O–H groups in total. The number of hydrogen-bond acceptors (Lipinski definition) is 3. The molecule has 0 spiro atoms. The first kappa shape index (κ1) is 13.6. The molecule has 0 unspecified atom stereocenters. The molecular formula is C14H15BrO2S. The summed E-state index contributed by atoms with van der Waals surface area (Å²) in [4.78, 5) is 1.15. The largest absolute Gasteiger partial charge is 0.488 e. The maximum Gasteiger partial charge on any atom is 0.125 e. The molecule has 1 aromatic carbocycles. The van der Waals surface area contributed by atoms with Crippen molar-refractivity contribution in [1.29, 1.82) is 0 Å². The van der Waals surface area contributed by atoms with E-state index in [1.807, 2.05) is 37.3 Å². The standard InChI is InChI=1S/C14H15BrO2S/c1-9-3-5-12(10(2)16)13(7-9)17-8-11-4-6-14(15)18-11/h3-7,10,16H,8H2,1-2H3/t10-/m0/s1. The second kappa shape index (κ2) is 5.87. The number of ether oxygens (including phenoxy) is 1. The Labute approximate surface area is 119 Å². The summed E-state index contributed by atoms with van der Waals surface area (Å²) < 4.78 is 6.91. The Hall–Kier alpha value is -0.840. The highest BCUT2D eigenvalue weighted by atomic mass is 79.9. The molecule has 0 aliphatic carbocycles. The lowest BCUT2D eigenvalue weighted by Gasteiger charge is -2.13. The van der Waals surface area contributed by atoms with E-state index in [2.05, 4.69) is 15.9 Å². The van der Waals surface area contributed by atoms with Crippen LogP contribution in [-0.4, -0.2) is 5.11 Å². The Morgan fingerprint density at radius 1 is 1.33 bits per heavy atom. The summed E-state index contributed by atoms with van der Waals surface area (Å²) in [6.07, 6.45) is -0.518. The summed E-state index contributed by atoms with van der Waals surface area (Å²) in [6.45, 7) is 4.29. The van der Waals surface area contributed by atoms with Crippen molar-refractivity contribution in [2.75, 3.05) is 0 Å². The van der Waals surface area contributed by atoms with E-state index in [-0.39, 0.29) is 0 Å². The van der Waals surface area contributed by atoms with Gasteiger partial charge in [-0.15, -0.1) is 11.3 Å². The molecule has 0 aliphatic heterocycles. The van der Waals surface area contributed by atoms with Crippen molar-refractivity contribution in [2.24, 2.45) is 0 Å². The fourth-order valence-electron chi connectivity index (χ4n) is 1.69. The molecule has 0 saturated heterocycles. The number of halogens is 1. The molecule has 0 saturated carbocycles. The lowest BCUT2D eigenvalue weighted by atomic mass is 10.1. The van der Waals surface area contributed by atoms with Crippen LogP contribution in [0.15, 0.2) is 34.1 Å². The highest BCUT2D eigenvalue weighted by Crippen LogP contribution is 2.28. The van der Waals surface area contributed by atoms with Gasteiger partial charge in [-0.2, -0.15) is 0 Å². The molecule has 96 valence electrons. The first-order chi connectivity index (χ1) is 8.56. The third-order valence-corrected chi connectivity index (χ3v) is 4.22. The van der Waals surface area contributed by atoms with Crippen LogP contribution in [0.4, 0.5) is 0 Å². The molecule has 0 bridgehead atoms. The highest BCUT2D eigenvalue weighted by molar-refractivity contribution is 9.11. The minimum Gasteiger partial charge on any atom is -0.488 e. The van der Waals surface area contributed by atoms with Crippen LogP contribution in [0, 0.1) is 6.92 Å². The summed E-state index contributed by atoms with van der Waals surface area (Å²) in [5.41, 5.74) is 1.96. The average Bonchev–Trinajstić information content (AvgIpc) is 2.72. The number of benzene rings is 1. The molecule has 2 aromatic rings. The van der Waals surface area contributed by atoms with Gasteiger partial charge in [0.1, 0.15) is 12.4 Å². The topological polar surface area (TPSA) is 29.5 Å². The van der Waals surface area contributed by atoms with E-state index >= 15 is 0 Å². The molecular weight excluding hydrogens is 312 g/mol. The van der Waals surface area contributed by atoms with Gasteiger partial charge in [-0.3, -0.25) is 0 Å². The SMILES string of the molecule is Cc1ccc([C@H](C)O)c(OCc2ccc(Br)s2)c1. The predicted molar refractivity (Wildman–Crippen MR) is 78.2 cm³/mol. The number of aliphatic hydroxyl groups excluding tert-OH is 1. The minimum absolute atomic E-state index is 0.518. The zero-order valence-electron chi connectivity index (χ0n) is 10.3. The third kappa shape index (κ3) is 3.34. The molecule has 4 heteroatoms. The molecule has 2 nitrogen and oxygen atoms in total. The van der Waals surface area contributed by atoms with Crippen molar-refractivity contribution in [3.63, 3.8) is 0 Å². The number of thiophene rings is 1. The van der Waals surface area contributed by atoms with E-state index in [0.717, 1.165) is 25.5 Å². The number of aliphatic hydroxyl groups is 1. The molecule has 2 rings (SSSR count). The number of rotatable bonds is 4. The smallest absolute Gasteiger partial charge is 0.125 e. The van der Waals surface area contributed by atoms with Gasteiger partial charge in [0.05, 0.1) is 9.89 Å². The fourth-order valence-corrected chi connectivity index (χ4v) is 3.09. The van der Waals surface area contributed by atoms with Crippen molar-refractivity contribution in [3.05, 3.63) is 50.1 Å². The van der Waals surface area contributed by atoms with Crippen molar-refractivity contribution in [3.8, 4) is 5.75 Å². The summed E-state index contributed by atoms with van der Waals surface area (Å²) in [5.74, 6) is 0.759. The van der Waals surface area contributed by atoms with Gasteiger partial charge >= 0.3 is 0 Å². The first-order valence-corrected chi connectivity index (χ1v) is 7.33. The minimum atomic E-state index is -0.518. The quantitative estimate of drug-likeness (QED) is 0.899. The number of aryl methyl sites for hydroxylation is 1. The van der Waals surface area contributed by atoms with Crippen molar-refractivity contribution >= 4 is 27.3 Å². The Morgan fingerprint density at radius 3 is 2.72 bits per heavy atom. The van der Waals surface area contributed by atoms with Gasteiger partial charge in [0.2, 0.25) is 0 Å². The lowest BCUT2D eigenvalue weighted by molar-refractivity contribution is 0.190. The zero-order chi connectivity index (χ0) is 13.1. The van der Waals surface area contributed by atoms with Crippen LogP contribution in [-0.2, 0) is 6.61 Å². The van der Waals surface area contributed by atoms with Gasteiger partial charge in [0, 0.05) is 10.4 Å². The summed E-state index contributed by atoms with van der Waals surface area (Å²) in [6, 6.07) is 9.91. The van der Waals surface area contributed by atoms with Crippen LogP contribution < -0.4 is 4.74 Å². The van der Waals surface area contributed by atoms with Gasteiger partial charge in [0.25, 0.3) is 0 Å². The second-order valence-electron chi connectivity index (χ2n) is 4.21. The summed E-state index contributed by atoms with van der Waals surface area (Å²) in [5, 5.41) is 9.71. The Bertz CT molecular complexity index is 534. The Kier molecular flexibility index (Phi) is 4.43. The Morgan fingerprint density at radius 2 is 2.11 bits per heavy atom. The summed E-state index contributed by atoms with van der Waals surface area (Å²) >= 11 is 5.09. The van der Waals surface area contributed by atoms with Gasteiger partial charge in [0.15, 0.2) is 0 Å². The van der Waals surface area contributed by atoms with Crippen molar-refractivity contribution in [2.45, 2.75) is 26.6 Å². The molecule has 0 fully saturated rings. The van der Waals surface area contributed by atoms with Crippen LogP contribution in [0.5, 0.6) is 5.75 Å². The van der Waals surface area contributed by atoms with Crippen LogP contribution in [0.1, 0.15) is 29.0 Å². The third-order valence-electron chi connectivity index (χ3n) is 2.62. The molecule has 1 aromatic heterocycles. The zero-order valence-corrected chi connectivity index (χ0v) is 12.7. The summed E-state index contributed by atoms with van der Waals surface area (Å²) in [7, 11) is 0. The molecule has 0 aliphatic rings. The van der Waals surface area contributed by atoms with E-state index in [0.29, 0.717) is 6.61 Å². The first-order valence-electron chi connectivity index (χ1n) is 5.72. The van der Waals surface area contributed by atoms with Gasteiger partial charge < -0.3 is 9.84 Å². The Balaban J connectivity index is 2.15. The van der Waals surface area contributed by atoms with Crippen molar-refractivity contribution < 1.29 is 9.84 Å². The normalized spacial score (nSPS) is 12.4. The van der Waals surface area contributed by atoms with E-state index < -0.39 is 6.10 Å². The average molecular weight is 327 g/mol. The number of hydrogen-bond donors (Lipinski definition) is 1. The van der Waals surface area contributed by atoms with Crippen LogP contribution in [0.3, 0.4) is 0 Å². The van der Waals surface area contributed by atoms with E-state index in [1.165, 1.54) is 0 Å². The van der Waals surface area contributed by atoms with Gasteiger partial charge in [-0.05, 0) is 53.5 Å². The fraction of sp³-hybridized carbons (Fsp3) is 0.286. The van der Waals surface area contributed by atoms with Crippen LogP contribution in [0.2, 0.25) is 0 Å². The maximum absolute atomic E-state index is 9.71. The molecule has 18 heavy (non-hydrogen) atoms.